The second kappa shape index (κ2) is 6.43. The molecule has 2 heterocycles. The van der Waals surface area contributed by atoms with Crippen molar-refractivity contribution < 1.29 is 4.79 Å². The van der Waals surface area contributed by atoms with E-state index in [-0.39, 0.29) is 11.9 Å². The highest BCUT2D eigenvalue weighted by Crippen LogP contribution is 2.07. The summed E-state index contributed by atoms with van der Waals surface area (Å²) >= 11 is 0. The number of hydrogen-bond acceptors (Lipinski definition) is 4. The largest absolute Gasteiger partial charge is 0.288 e. The van der Waals surface area contributed by atoms with Gasteiger partial charge in [0.2, 0.25) is 5.95 Å². The molecule has 2 aromatic heterocycles. The second-order valence-corrected chi connectivity index (χ2v) is 5.26. The summed E-state index contributed by atoms with van der Waals surface area (Å²) in [5, 5.41) is 11.1. The quantitative estimate of drug-likeness (QED) is 0.783. The third kappa shape index (κ3) is 3.63. The SMILES string of the molecule is CCn1ccc(C(=O)Nc2ncn(Cc3ccc(C)cc3)n2)n1. The number of carbonyl (C=O) groups excluding carboxylic acids is 1. The van der Waals surface area contributed by atoms with E-state index in [2.05, 4.69) is 32.6 Å². The van der Waals surface area contributed by atoms with Gasteiger partial charge in [-0.15, -0.1) is 5.10 Å². The average molecular weight is 310 g/mol. The average Bonchev–Trinajstić information content (AvgIpc) is 3.19. The number of benzene rings is 1. The monoisotopic (exact) mass is 310 g/mol. The van der Waals surface area contributed by atoms with Crippen LogP contribution in [0.25, 0.3) is 0 Å². The summed E-state index contributed by atoms with van der Waals surface area (Å²) in [6.07, 6.45) is 3.36. The van der Waals surface area contributed by atoms with Crippen molar-refractivity contribution in [3.05, 3.63) is 59.7 Å². The number of aromatic nitrogens is 5. The smallest absolute Gasteiger partial charge is 0.278 e. The topological polar surface area (TPSA) is 77.6 Å². The van der Waals surface area contributed by atoms with E-state index in [4.69, 9.17) is 0 Å². The molecule has 1 amide bonds. The molecular weight excluding hydrogens is 292 g/mol. The van der Waals surface area contributed by atoms with Crippen LogP contribution in [-0.4, -0.2) is 30.5 Å². The maximum absolute atomic E-state index is 12.1. The van der Waals surface area contributed by atoms with Gasteiger partial charge in [-0.3, -0.25) is 14.8 Å². The standard InChI is InChI=1S/C16H18N6O/c1-3-21-9-8-14(19-21)15(23)18-16-17-11-22(20-16)10-13-6-4-12(2)5-7-13/h4-9,11H,3,10H2,1-2H3,(H,18,20,23). The molecule has 0 saturated heterocycles. The fourth-order valence-electron chi connectivity index (χ4n) is 2.13. The summed E-state index contributed by atoms with van der Waals surface area (Å²) in [6.45, 7) is 5.33. The Morgan fingerprint density at radius 2 is 1.91 bits per heavy atom. The van der Waals surface area contributed by atoms with E-state index in [0.717, 1.165) is 12.1 Å². The van der Waals surface area contributed by atoms with Crippen LogP contribution in [0, 0.1) is 6.92 Å². The molecule has 0 aliphatic heterocycles. The van der Waals surface area contributed by atoms with Gasteiger partial charge in [0, 0.05) is 12.7 Å². The predicted molar refractivity (Wildman–Crippen MR) is 86.2 cm³/mol. The summed E-state index contributed by atoms with van der Waals surface area (Å²) in [5.41, 5.74) is 2.69. The predicted octanol–water partition coefficient (Wildman–Crippen LogP) is 2.10. The number of nitrogens with one attached hydrogen (secondary N) is 1. The molecule has 3 aromatic rings. The molecule has 118 valence electrons. The minimum Gasteiger partial charge on any atom is -0.288 e. The van der Waals surface area contributed by atoms with Gasteiger partial charge in [0.05, 0.1) is 6.54 Å². The molecule has 0 aliphatic rings. The molecule has 23 heavy (non-hydrogen) atoms. The molecule has 7 heteroatoms. The van der Waals surface area contributed by atoms with E-state index in [0.29, 0.717) is 12.2 Å². The van der Waals surface area contributed by atoms with Crippen LogP contribution >= 0.6 is 0 Å². The number of amides is 1. The molecule has 7 nitrogen and oxygen atoms in total. The Kier molecular flexibility index (Phi) is 4.18. The van der Waals surface area contributed by atoms with Gasteiger partial charge in [0.15, 0.2) is 5.69 Å². The zero-order chi connectivity index (χ0) is 16.2. The molecule has 0 aliphatic carbocycles. The molecule has 0 spiro atoms. The van der Waals surface area contributed by atoms with Crippen LogP contribution < -0.4 is 5.32 Å². The Balaban J connectivity index is 1.64. The highest BCUT2D eigenvalue weighted by Gasteiger charge is 2.12. The van der Waals surface area contributed by atoms with Crippen molar-refractivity contribution in [2.45, 2.75) is 26.9 Å². The molecule has 3 rings (SSSR count). The summed E-state index contributed by atoms with van der Waals surface area (Å²) in [4.78, 5) is 16.2. The number of anilines is 1. The van der Waals surface area contributed by atoms with Crippen LogP contribution in [0.2, 0.25) is 0 Å². The van der Waals surface area contributed by atoms with Crippen molar-refractivity contribution >= 4 is 11.9 Å². The van der Waals surface area contributed by atoms with Gasteiger partial charge in [-0.1, -0.05) is 29.8 Å². The van der Waals surface area contributed by atoms with E-state index in [9.17, 15) is 4.79 Å². The summed E-state index contributed by atoms with van der Waals surface area (Å²) < 4.78 is 3.38. The van der Waals surface area contributed by atoms with Crippen LogP contribution in [-0.2, 0) is 13.1 Å². The van der Waals surface area contributed by atoms with Crippen molar-refractivity contribution in [2.75, 3.05) is 5.32 Å². The van der Waals surface area contributed by atoms with E-state index >= 15 is 0 Å². The molecule has 1 N–H and O–H groups in total. The molecule has 0 radical (unpaired) electrons. The summed E-state index contributed by atoms with van der Waals surface area (Å²) in [6, 6.07) is 9.87. The zero-order valence-corrected chi connectivity index (χ0v) is 13.1. The summed E-state index contributed by atoms with van der Waals surface area (Å²) in [5.74, 6) is -0.0431. The zero-order valence-electron chi connectivity index (χ0n) is 13.1. The van der Waals surface area contributed by atoms with Crippen molar-refractivity contribution in [3.8, 4) is 0 Å². The van der Waals surface area contributed by atoms with Gasteiger partial charge in [0.25, 0.3) is 5.91 Å². The normalized spacial score (nSPS) is 10.7. The van der Waals surface area contributed by atoms with Crippen LogP contribution in [0.3, 0.4) is 0 Å². The molecule has 0 atom stereocenters. The molecule has 0 fully saturated rings. The maximum Gasteiger partial charge on any atom is 0.278 e. The Morgan fingerprint density at radius 1 is 1.13 bits per heavy atom. The highest BCUT2D eigenvalue weighted by molar-refractivity contribution is 6.01. The molecule has 0 unspecified atom stereocenters. The van der Waals surface area contributed by atoms with Crippen molar-refractivity contribution in [2.24, 2.45) is 0 Å². The van der Waals surface area contributed by atoms with E-state index in [1.165, 1.54) is 5.56 Å². The third-order valence-corrected chi connectivity index (χ3v) is 3.42. The third-order valence-electron chi connectivity index (χ3n) is 3.42. The Labute approximate surface area is 134 Å². The van der Waals surface area contributed by atoms with Gasteiger partial charge < -0.3 is 0 Å². The van der Waals surface area contributed by atoms with Crippen molar-refractivity contribution in [1.29, 1.82) is 0 Å². The van der Waals surface area contributed by atoms with Crippen LogP contribution in [0.4, 0.5) is 5.95 Å². The van der Waals surface area contributed by atoms with E-state index < -0.39 is 0 Å². The Hall–Kier alpha value is -2.96. The van der Waals surface area contributed by atoms with Gasteiger partial charge >= 0.3 is 0 Å². The summed E-state index contributed by atoms with van der Waals surface area (Å²) in [7, 11) is 0. The molecule has 0 saturated carbocycles. The van der Waals surface area contributed by atoms with E-state index in [1.54, 1.807) is 28.0 Å². The first-order valence-corrected chi connectivity index (χ1v) is 7.44. The fourth-order valence-corrected chi connectivity index (χ4v) is 2.13. The van der Waals surface area contributed by atoms with Gasteiger partial charge in [-0.2, -0.15) is 5.10 Å². The maximum atomic E-state index is 12.1. The van der Waals surface area contributed by atoms with Crippen LogP contribution in [0.15, 0.2) is 42.9 Å². The number of aryl methyl sites for hydroxylation is 2. The van der Waals surface area contributed by atoms with Gasteiger partial charge in [0.1, 0.15) is 6.33 Å². The highest BCUT2D eigenvalue weighted by atomic mass is 16.2. The number of nitrogens with zero attached hydrogens (tertiary/aromatic N) is 5. The van der Waals surface area contributed by atoms with Gasteiger partial charge in [-0.25, -0.2) is 9.67 Å². The number of hydrogen-bond donors (Lipinski definition) is 1. The first kappa shape index (κ1) is 15.0. The number of carbonyl (C=O) groups is 1. The minimum absolute atomic E-state index is 0.271. The molecule has 1 aromatic carbocycles. The first-order valence-electron chi connectivity index (χ1n) is 7.44. The lowest BCUT2D eigenvalue weighted by Crippen LogP contribution is -2.14. The van der Waals surface area contributed by atoms with Crippen molar-refractivity contribution in [3.63, 3.8) is 0 Å². The molecular formula is C16H18N6O. The van der Waals surface area contributed by atoms with Crippen molar-refractivity contribution in [1.82, 2.24) is 24.5 Å². The van der Waals surface area contributed by atoms with E-state index in [1.807, 2.05) is 26.0 Å². The lowest BCUT2D eigenvalue weighted by molar-refractivity contribution is 0.102. The minimum atomic E-state index is -0.315. The Bertz CT molecular complexity index is 802. The lowest BCUT2D eigenvalue weighted by atomic mass is 10.1. The second-order valence-electron chi connectivity index (χ2n) is 5.26. The van der Waals surface area contributed by atoms with Crippen LogP contribution in [0.1, 0.15) is 28.5 Å². The lowest BCUT2D eigenvalue weighted by Gasteiger charge is -2.01. The van der Waals surface area contributed by atoms with Gasteiger partial charge in [-0.05, 0) is 25.5 Å². The first-order chi connectivity index (χ1) is 11.1. The molecule has 0 bridgehead atoms. The van der Waals surface area contributed by atoms with Crippen LogP contribution in [0.5, 0.6) is 0 Å². The fraction of sp³-hybridized carbons (Fsp3) is 0.250. The number of rotatable bonds is 5. The Morgan fingerprint density at radius 3 is 2.61 bits per heavy atom.